The van der Waals surface area contributed by atoms with Crippen molar-refractivity contribution in [1.29, 1.82) is 0 Å². The second-order valence-electron chi connectivity index (χ2n) is 7.16. The number of halogens is 1. The molecular formula is C22H22BrN5O2. The highest BCUT2D eigenvalue weighted by atomic mass is 79.9. The zero-order valence-electron chi connectivity index (χ0n) is 16.6. The molecule has 0 bridgehead atoms. The van der Waals surface area contributed by atoms with E-state index in [0.29, 0.717) is 24.0 Å². The van der Waals surface area contributed by atoms with Crippen LogP contribution in [0.2, 0.25) is 0 Å². The number of carbonyl (C=O) groups is 1. The summed E-state index contributed by atoms with van der Waals surface area (Å²) in [6.45, 7) is 3.65. The van der Waals surface area contributed by atoms with Crippen molar-refractivity contribution in [2.75, 3.05) is 6.54 Å². The van der Waals surface area contributed by atoms with Crippen molar-refractivity contribution in [3.05, 3.63) is 69.4 Å². The van der Waals surface area contributed by atoms with E-state index in [1.807, 2.05) is 31.2 Å². The highest BCUT2D eigenvalue weighted by Gasteiger charge is 2.08. The van der Waals surface area contributed by atoms with E-state index >= 15 is 0 Å². The molecule has 0 fully saturated rings. The van der Waals surface area contributed by atoms with Crippen molar-refractivity contribution in [2.24, 2.45) is 0 Å². The van der Waals surface area contributed by atoms with Crippen LogP contribution in [0.4, 0.5) is 0 Å². The third kappa shape index (κ3) is 4.28. The van der Waals surface area contributed by atoms with Gasteiger partial charge in [0.15, 0.2) is 0 Å². The van der Waals surface area contributed by atoms with Gasteiger partial charge in [-0.05, 0) is 43.7 Å². The normalized spacial score (nSPS) is 11.3. The lowest BCUT2D eigenvalue weighted by Gasteiger charge is -2.09. The van der Waals surface area contributed by atoms with Gasteiger partial charge < -0.3 is 9.88 Å². The highest BCUT2D eigenvalue weighted by Crippen LogP contribution is 2.16. The number of hydrogen-bond donors (Lipinski definition) is 1. The van der Waals surface area contributed by atoms with E-state index in [1.165, 1.54) is 10.9 Å². The van der Waals surface area contributed by atoms with Crippen LogP contribution in [-0.4, -0.2) is 31.6 Å². The molecule has 0 saturated carbocycles. The lowest BCUT2D eigenvalue weighted by Crippen LogP contribution is -2.28. The monoisotopic (exact) mass is 467 g/mol. The summed E-state index contributed by atoms with van der Waals surface area (Å²) in [7, 11) is 0. The van der Waals surface area contributed by atoms with Crippen molar-refractivity contribution in [2.45, 2.75) is 32.9 Å². The minimum atomic E-state index is -0.142. The predicted octanol–water partition coefficient (Wildman–Crippen LogP) is 3.41. The minimum Gasteiger partial charge on any atom is -0.356 e. The molecule has 8 heteroatoms. The van der Waals surface area contributed by atoms with Gasteiger partial charge in [-0.2, -0.15) is 0 Å². The number of imidazole rings is 1. The average Bonchev–Trinajstić information content (AvgIpc) is 3.06. The van der Waals surface area contributed by atoms with Crippen molar-refractivity contribution in [1.82, 2.24) is 24.4 Å². The maximum absolute atomic E-state index is 12.6. The summed E-state index contributed by atoms with van der Waals surface area (Å²) in [5, 5.41) is 3.47. The Labute approximate surface area is 181 Å². The van der Waals surface area contributed by atoms with Gasteiger partial charge in [0.2, 0.25) is 5.91 Å². The van der Waals surface area contributed by atoms with Crippen LogP contribution in [-0.2, 0) is 17.9 Å². The molecule has 0 unspecified atom stereocenters. The molecule has 4 aromatic rings. The number of fused-ring (bicyclic) bond motifs is 2. The summed E-state index contributed by atoms with van der Waals surface area (Å²) in [6, 6.07) is 13.4. The van der Waals surface area contributed by atoms with Gasteiger partial charge in [0.25, 0.3) is 5.56 Å². The van der Waals surface area contributed by atoms with Gasteiger partial charge in [0.1, 0.15) is 5.82 Å². The Balaban J connectivity index is 1.29. The van der Waals surface area contributed by atoms with Gasteiger partial charge in [0, 0.05) is 30.5 Å². The molecule has 1 amide bonds. The molecule has 0 radical (unpaired) electrons. The summed E-state index contributed by atoms with van der Waals surface area (Å²) >= 11 is 3.37. The van der Waals surface area contributed by atoms with Crippen LogP contribution in [0.1, 0.15) is 18.7 Å². The fraction of sp³-hybridized carbons (Fsp3) is 0.273. The summed E-state index contributed by atoms with van der Waals surface area (Å²) < 4.78 is 4.47. The molecule has 0 saturated heterocycles. The number of rotatable bonds is 7. The van der Waals surface area contributed by atoms with Crippen molar-refractivity contribution in [3.63, 3.8) is 0 Å². The number of carbonyl (C=O) groups excluding carboxylic acids is 1. The van der Waals surface area contributed by atoms with Crippen molar-refractivity contribution >= 4 is 43.8 Å². The van der Waals surface area contributed by atoms with E-state index < -0.39 is 0 Å². The number of nitrogens with one attached hydrogen (secondary N) is 1. The van der Waals surface area contributed by atoms with E-state index in [4.69, 9.17) is 0 Å². The molecule has 30 heavy (non-hydrogen) atoms. The Morgan fingerprint density at radius 3 is 2.83 bits per heavy atom. The maximum atomic E-state index is 12.6. The SMILES string of the molecule is Cc1nc2ccccc2n1CCCNC(=O)CCn1cnc2ccc(Br)cc2c1=O. The maximum Gasteiger partial charge on any atom is 0.261 e. The zero-order valence-corrected chi connectivity index (χ0v) is 18.2. The Morgan fingerprint density at radius 1 is 1.13 bits per heavy atom. The Bertz CT molecular complexity index is 1280. The number of nitrogens with zero attached hydrogens (tertiary/aromatic N) is 4. The average molecular weight is 468 g/mol. The zero-order chi connectivity index (χ0) is 21.1. The van der Waals surface area contributed by atoms with Crippen molar-refractivity contribution < 1.29 is 4.79 Å². The van der Waals surface area contributed by atoms with Gasteiger partial charge in [-0.1, -0.05) is 28.1 Å². The first-order chi connectivity index (χ1) is 14.5. The molecule has 2 aromatic carbocycles. The smallest absolute Gasteiger partial charge is 0.261 e. The third-order valence-corrected chi connectivity index (χ3v) is 5.59. The lowest BCUT2D eigenvalue weighted by molar-refractivity contribution is -0.121. The molecule has 0 aliphatic carbocycles. The van der Waals surface area contributed by atoms with Gasteiger partial charge in [-0.15, -0.1) is 0 Å². The molecule has 7 nitrogen and oxygen atoms in total. The molecule has 2 aromatic heterocycles. The molecule has 1 N–H and O–H groups in total. The number of hydrogen-bond acceptors (Lipinski definition) is 4. The molecule has 2 heterocycles. The van der Waals surface area contributed by atoms with Crippen LogP contribution >= 0.6 is 15.9 Å². The Hall–Kier alpha value is -3.00. The summed E-state index contributed by atoms with van der Waals surface area (Å²) in [5.74, 6) is 0.890. The van der Waals surface area contributed by atoms with E-state index in [9.17, 15) is 9.59 Å². The van der Waals surface area contributed by atoms with Crippen LogP contribution in [0, 0.1) is 6.92 Å². The number of aryl methyl sites for hydroxylation is 3. The fourth-order valence-corrected chi connectivity index (χ4v) is 3.91. The predicted molar refractivity (Wildman–Crippen MR) is 120 cm³/mol. The molecule has 0 spiro atoms. The summed E-state index contributed by atoms with van der Waals surface area (Å²) in [4.78, 5) is 33.7. The molecular weight excluding hydrogens is 446 g/mol. The standard InChI is InChI=1S/C22H22BrN5O2/c1-15-26-19-5-2-3-6-20(19)28(15)11-4-10-24-21(29)9-12-27-14-25-18-8-7-16(23)13-17(18)22(27)30/h2-3,5-8,13-14H,4,9-12H2,1H3,(H,24,29). The number of amides is 1. The fourth-order valence-electron chi connectivity index (χ4n) is 3.54. The molecule has 0 atom stereocenters. The van der Waals surface area contributed by atoms with Crippen LogP contribution < -0.4 is 10.9 Å². The minimum absolute atomic E-state index is 0.0801. The Morgan fingerprint density at radius 2 is 1.97 bits per heavy atom. The van der Waals surface area contributed by atoms with Gasteiger partial charge >= 0.3 is 0 Å². The number of benzene rings is 2. The van der Waals surface area contributed by atoms with E-state index in [1.54, 1.807) is 12.1 Å². The second kappa shape index (κ2) is 8.79. The lowest BCUT2D eigenvalue weighted by atomic mass is 10.2. The second-order valence-corrected chi connectivity index (χ2v) is 8.07. The first kappa shape index (κ1) is 20.3. The molecule has 0 aliphatic rings. The highest BCUT2D eigenvalue weighted by molar-refractivity contribution is 9.10. The van der Waals surface area contributed by atoms with Gasteiger partial charge in [-0.25, -0.2) is 9.97 Å². The third-order valence-electron chi connectivity index (χ3n) is 5.09. The van der Waals surface area contributed by atoms with E-state index in [-0.39, 0.29) is 17.9 Å². The van der Waals surface area contributed by atoms with Gasteiger partial charge in [-0.3, -0.25) is 14.2 Å². The Kier molecular flexibility index (Phi) is 5.94. The van der Waals surface area contributed by atoms with Crippen LogP contribution in [0.25, 0.3) is 21.9 Å². The first-order valence-corrected chi connectivity index (χ1v) is 10.7. The van der Waals surface area contributed by atoms with Gasteiger partial charge in [0.05, 0.1) is 28.3 Å². The summed E-state index contributed by atoms with van der Waals surface area (Å²) in [6.07, 6.45) is 2.53. The largest absolute Gasteiger partial charge is 0.356 e. The van der Waals surface area contributed by atoms with E-state index in [2.05, 4.69) is 41.8 Å². The number of aromatic nitrogens is 4. The number of para-hydroxylation sites is 2. The van der Waals surface area contributed by atoms with Crippen LogP contribution in [0.3, 0.4) is 0 Å². The van der Waals surface area contributed by atoms with Crippen molar-refractivity contribution in [3.8, 4) is 0 Å². The first-order valence-electron chi connectivity index (χ1n) is 9.86. The summed E-state index contributed by atoms with van der Waals surface area (Å²) in [5.41, 5.74) is 2.60. The quantitative estimate of drug-likeness (QED) is 0.422. The van der Waals surface area contributed by atoms with E-state index in [0.717, 1.165) is 34.3 Å². The van der Waals surface area contributed by atoms with Crippen LogP contribution in [0.15, 0.2) is 58.1 Å². The molecule has 154 valence electrons. The topological polar surface area (TPSA) is 81.8 Å². The molecule has 4 rings (SSSR count). The van der Waals surface area contributed by atoms with Crippen LogP contribution in [0.5, 0.6) is 0 Å². The molecule has 0 aliphatic heterocycles.